The molecule has 0 unspecified atom stereocenters. The van der Waals surface area contributed by atoms with Gasteiger partial charge in [-0.05, 0) is 18.2 Å². The normalized spacial score (nSPS) is 12.4. The summed E-state index contributed by atoms with van der Waals surface area (Å²) < 4.78 is 52.2. The number of halogens is 5. The van der Waals surface area contributed by atoms with Crippen LogP contribution in [-0.2, 0) is 12.7 Å². The second-order valence-electron chi connectivity index (χ2n) is 5.18. The van der Waals surface area contributed by atoms with Crippen molar-refractivity contribution in [2.24, 2.45) is 10.7 Å². The number of alkyl halides is 3. The molecule has 0 saturated heterocycles. The molecule has 11 heteroatoms. The average Bonchev–Trinajstić information content (AvgIpc) is 2.61. The quantitative estimate of drug-likeness (QED) is 0.505. The summed E-state index contributed by atoms with van der Waals surface area (Å²) in [4.78, 5) is 11.8. The third-order valence-corrected chi connectivity index (χ3v) is 3.54. The molecule has 1 aromatic heterocycles. The Morgan fingerprint density at radius 1 is 1.37 bits per heavy atom. The molecule has 2 rings (SSSR count). The predicted octanol–water partition coefficient (Wildman–Crippen LogP) is 3.81. The van der Waals surface area contributed by atoms with Crippen LogP contribution in [0.2, 0.25) is 5.02 Å². The van der Waals surface area contributed by atoms with E-state index in [-0.39, 0.29) is 28.9 Å². The van der Waals surface area contributed by atoms with Gasteiger partial charge in [0.1, 0.15) is 10.8 Å². The molecule has 6 nitrogen and oxygen atoms in total. The van der Waals surface area contributed by atoms with E-state index in [1.54, 1.807) is 7.05 Å². The van der Waals surface area contributed by atoms with Crippen LogP contribution in [0.25, 0.3) is 0 Å². The molecular formula is C16H15ClF4N6. The van der Waals surface area contributed by atoms with E-state index in [0.717, 1.165) is 12.1 Å². The molecule has 27 heavy (non-hydrogen) atoms. The van der Waals surface area contributed by atoms with Crippen molar-refractivity contribution in [3.05, 3.63) is 58.3 Å². The number of nitrogens with zero attached hydrogens (tertiary/aromatic N) is 3. The van der Waals surface area contributed by atoms with Crippen LogP contribution in [0.15, 0.2) is 41.3 Å². The molecule has 0 aliphatic rings. The van der Waals surface area contributed by atoms with E-state index in [0.29, 0.717) is 11.8 Å². The van der Waals surface area contributed by atoms with Crippen molar-refractivity contribution in [2.75, 3.05) is 17.7 Å². The van der Waals surface area contributed by atoms with Gasteiger partial charge in [-0.15, -0.1) is 0 Å². The molecule has 0 spiro atoms. The SMILES string of the molecule is CN=CC(=CN)Nc1ncc(Cl)c(NCc2cc(C(F)(F)F)ccc2F)n1. The molecule has 144 valence electrons. The van der Waals surface area contributed by atoms with Crippen molar-refractivity contribution in [1.82, 2.24) is 9.97 Å². The summed E-state index contributed by atoms with van der Waals surface area (Å²) in [5.74, 6) is -0.565. The van der Waals surface area contributed by atoms with Crippen LogP contribution in [0.3, 0.4) is 0 Å². The van der Waals surface area contributed by atoms with Crippen molar-refractivity contribution in [3.63, 3.8) is 0 Å². The Morgan fingerprint density at radius 2 is 2.11 bits per heavy atom. The van der Waals surface area contributed by atoms with Gasteiger partial charge in [-0.2, -0.15) is 18.2 Å². The monoisotopic (exact) mass is 402 g/mol. The first-order chi connectivity index (χ1) is 12.7. The summed E-state index contributed by atoms with van der Waals surface area (Å²) in [5.41, 5.74) is 4.70. The number of anilines is 2. The van der Waals surface area contributed by atoms with Crippen LogP contribution in [0.4, 0.5) is 29.3 Å². The van der Waals surface area contributed by atoms with Gasteiger partial charge in [0.05, 0.1) is 17.5 Å². The van der Waals surface area contributed by atoms with Crippen molar-refractivity contribution < 1.29 is 17.6 Å². The van der Waals surface area contributed by atoms with Crippen LogP contribution >= 0.6 is 11.6 Å². The van der Waals surface area contributed by atoms with Crippen LogP contribution < -0.4 is 16.4 Å². The molecule has 1 heterocycles. The van der Waals surface area contributed by atoms with Gasteiger partial charge in [0.2, 0.25) is 5.95 Å². The summed E-state index contributed by atoms with van der Waals surface area (Å²) >= 11 is 5.98. The van der Waals surface area contributed by atoms with E-state index in [4.69, 9.17) is 17.3 Å². The first-order valence-corrected chi connectivity index (χ1v) is 7.85. The summed E-state index contributed by atoms with van der Waals surface area (Å²) in [7, 11) is 1.55. The molecule has 0 atom stereocenters. The van der Waals surface area contributed by atoms with Crippen molar-refractivity contribution in [3.8, 4) is 0 Å². The maximum absolute atomic E-state index is 13.8. The van der Waals surface area contributed by atoms with E-state index < -0.39 is 17.6 Å². The molecule has 0 fully saturated rings. The van der Waals surface area contributed by atoms with Crippen molar-refractivity contribution >= 4 is 29.6 Å². The molecule has 0 radical (unpaired) electrons. The number of nitrogens with one attached hydrogen (secondary N) is 2. The lowest BCUT2D eigenvalue weighted by atomic mass is 10.1. The minimum atomic E-state index is -4.57. The number of allylic oxidation sites excluding steroid dienone is 1. The number of aliphatic imine (C=N–C) groups is 1. The van der Waals surface area contributed by atoms with Gasteiger partial charge >= 0.3 is 6.18 Å². The molecule has 1 aromatic carbocycles. The van der Waals surface area contributed by atoms with Gasteiger partial charge in [0.25, 0.3) is 0 Å². The van der Waals surface area contributed by atoms with Gasteiger partial charge in [-0.25, -0.2) is 9.37 Å². The summed E-state index contributed by atoms with van der Waals surface area (Å²) in [5, 5.41) is 5.58. The molecule has 0 aliphatic heterocycles. The molecular weight excluding hydrogens is 388 g/mol. The van der Waals surface area contributed by atoms with Crippen LogP contribution in [0.5, 0.6) is 0 Å². The lowest BCUT2D eigenvalue weighted by Gasteiger charge is -2.12. The Hall–Kier alpha value is -2.88. The molecule has 0 aliphatic carbocycles. The minimum absolute atomic E-state index is 0.107. The molecule has 2 aromatic rings. The zero-order chi connectivity index (χ0) is 20.0. The number of hydrogen-bond donors (Lipinski definition) is 3. The number of nitrogens with two attached hydrogens (primary N) is 1. The van der Waals surface area contributed by atoms with Crippen LogP contribution in [0, 0.1) is 5.82 Å². The molecule has 0 bridgehead atoms. The lowest BCUT2D eigenvalue weighted by Crippen LogP contribution is -2.11. The number of hydrogen-bond acceptors (Lipinski definition) is 6. The largest absolute Gasteiger partial charge is 0.416 e. The lowest BCUT2D eigenvalue weighted by molar-refractivity contribution is -0.137. The highest BCUT2D eigenvalue weighted by Gasteiger charge is 2.31. The first-order valence-electron chi connectivity index (χ1n) is 7.47. The topological polar surface area (TPSA) is 88.2 Å². The minimum Gasteiger partial charge on any atom is -0.403 e. The van der Waals surface area contributed by atoms with E-state index in [9.17, 15) is 17.6 Å². The van der Waals surface area contributed by atoms with Gasteiger partial charge in [0.15, 0.2) is 5.82 Å². The molecule has 0 saturated carbocycles. The highest BCUT2D eigenvalue weighted by Crippen LogP contribution is 2.30. The van der Waals surface area contributed by atoms with Gasteiger partial charge in [-0.3, -0.25) is 4.99 Å². The Labute approximate surface area is 157 Å². The molecule has 4 N–H and O–H groups in total. The second kappa shape index (κ2) is 8.67. The molecule has 0 amide bonds. The zero-order valence-corrected chi connectivity index (χ0v) is 14.7. The number of rotatable bonds is 6. The maximum atomic E-state index is 13.8. The van der Waals surface area contributed by atoms with Gasteiger partial charge in [-0.1, -0.05) is 11.6 Å². The van der Waals surface area contributed by atoms with E-state index in [1.807, 2.05) is 0 Å². The van der Waals surface area contributed by atoms with Gasteiger partial charge < -0.3 is 16.4 Å². The smallest absolute Gasteiger partial charge is 0.403 e. The zero-order valence-electron chi connectivity index (χ0n) is 14.0. The fourth-order valence-corrected chi connectivity index (χ4v) is 2.16. The number of benzene rings is 1. The average molecular weight is 403 g/mol. The van der Waals surface area contributed by atoms with E-state index in [1.165, 1.54) is 18.6 Å². The van der Waals surface area contributed by atoms with E-state index >= 15 is 0 Å². The summed E-state index contributed by atoms with van der Waals surface area (Å²) in [6, 6.07) is 2.16. The highest BCUT2D eigenvalue weighted by molar-refractivity contribution is 6.32. The van der Waals surface area contributed by atoms with Gasteiger partial charge in [0, 0.05) is 31.6 Å². The Kier molecular flexibility index (Phi) is 6.56. The van der Waals surface area contributed by atoms with Crippen LogP contribution in [0.1, 0.15) is 11.1 Å². The van der Waals surface area contributed by atoms with E-state index in [2.05, 4.69) is 25.6 Å². The van der Waals surface area contributed by atoms with Crippen molar-refractivity contribution in [1.29, 1.82) is 0 Å². The Bertz CT molecular complexity index is 866. The Morgan fingerprint density at radius 3 is 2.74 bits per heavy atom. The fourth-order valence-electron chi connectivity index (χ4n) is 2.00. The highest BCUT2D eigenvalue weighted by atomic mass is 35.5. The Balaban J connectivity index is 2.20. The predicted molar refractivity (Wildman–Crippen MR) is 96.1 cm³/mol. The fraction of sp³-hybridized carbons (Fsp3) is 0.188. The second-order valence-corrected chi connectivity index (χ2v) is 5.59. The third kappa shape index (κ3) is 5.55. The summed E-state index contributed by atoms with van der Waals surface area (Å²) in [6.45, 7) is -0.262. The maximum Gasteiger partial charge on any atom is 0.416 e. The summed E-state index contributed by atoms with van der Waals surface area (Å²) in [6.07, 6.45) is -0.615. The first kappa shape index (κ1) is 20.4. The number of aromatic nitrogens is 2. The standard InChI is InChI=1S/C16H15ClF4N6/c1-23-7-11(5-22)26-15-25-8-12(17)14(27-15)24-6-9-4-10(16(19,20)21)2-3-13(9)18/h2-5,7-8H,6,22H2,1H3,(H2,24,25,26,27). The van der Waals surface area contributed by atoms with Crippen molar-refractivity contribution in [2.45, 2.75) is 12.7 Å². The third-order valence-electron chi connectivity index (χ3n) is 3.27. The van der Waals surface area contributed by atoms with Crippen LogP contribution in [-0.4, -0.2) is 23.2 Å².